The van der Waals surface area contributed by atoms with Crippen LogP contribution in [0.15, 0.2) is 30.3 Å². The molecule has 1 aromatic rings. The van der Waals surface area contributed by atoms with E-state index in [2.05, 4.69) is 22.3 Å². The smallest absolute Gasteiger partial charge is 0.461 e. The molecule has 0 radical (unpaired) electrons. The molecule has 3 rings (SSSR count). The zero-order valence-electron chi connectivity index (χ0n) is 22.8. The number of carbonyl (C=O) groups excluding carboxylic acids is 3. The van der Waals surface area contributed by atoms with Gasteiger partial charge in [0.1, 0.15) is 6.10 Å². The van der Waals surface area contributed by atoms with Gasteiger partial charge in [0.25, 0.3) is 0 Å². The van der Waals surface area contributed by atoms with Crippen molar-refractivity contribution in [2.24, 2.45) is 10.8 Å². The summed E-state index contributed by atoms with van der Waals surface area (Å²) in [6.07, 6.45) is -0.607. The van der Waals surface area contributed by atoms with Gasteiger partial charge in [-0.3, -0.25) is 28.3 Å². The Balaban J connectivity index is 1.40. The Morgan fingerprint density at radius 3 is 2.58 bits per heavy atom. The van der Waals surface area contributed by atoms with E-state index in [1.165, 1.54) is 5.56 Å². The largest absolute Gasteiger partial charge is 0.478 e. The van der Waals surface area contributed by atoms with E-state index in [9.17, 15) is 18.9 Å². The fraction of sp³-hybridized carbons (Fsp3) is 0.654. The molecule has 0 saturated carbocycles. The van der Waals surface area contributed by atoms with Gasteiger partial charge >= 0.3 is 19.8 Å². The highest BCUT2D eigenvalue weighted by atomic mass is 31.2. The highest BCUT2D eigenvalue weighted by Gasteiger charge is 2.49. The van der Waals surface area contributed by atoms with Crippen molar-refractivity contribution >= 4 is 25.7 Å². The van der Waals surface area contributed by atoms with E-state index in [4.69, 9.17) is 23.0 Å². The van der Waals surface area contributed by atoms with E-state index in [-0.39, 0.29) is 25.7 Å². The molecule has 2 heterocycles. The molecule has 38 heavy (non-hydrogen) atoms. The maximum Gasteiger partial charge on any atom is 0.478 e. The fourth-order valence-corrected chi connectivity index (χ4v) is 5.47. The molecule has 1 amide bonds. The molecule has 2 fully saturated rings. The van der Waals surface area contributed by atoms with Crippen LogP contribution in [0.25, 0.3) is 0 Å². The maximum atomic E-state index is 12.9. The first-order chi connectivity index (χ1) is 17.8. The number of rotatable bonds is 10. The topological polar surface area (TPSA) is 130 Å². The number of phosphoric ester groups is 1. The summed E-state index contributed by atoms with van der Waals surface area (Å²) in [5.41, 5.74) is -0.381. The second-order valence-corrected chi connectivity index (χ2v) is 12.9. The predicted octanol–water partition coefficient (Wildman–Crippen LogP) is 3.42. The van der Waals surface area contributed by atoms with Gasteiger partial charge < -0.3 is 14.8 Å². The first kappa shape index (κ1) is 30.2. The Kier molecular flexibility index (Phi) is 10.1. The summed E-state index contributed by atoms with van der Waals surface area (Å²) in [5, 5.41) is 2.64. The van der Waals surface area contributed by atoms with Gasteiger partial charge in [-0.05, 0) is 32.8 Å². The Hall–Kier alpha value is -2.30. The number of likely N-dealkylation sites (tertiary alicyclic amines) is 1. The number of hydrogen-bond acceptors (Lipinski definition) is 10. The molecule has 2 aliphatic heterocycles. The molecule has 2 aliphatic rings. The molecule has 2 saturated heterocycles. The van der Waals surface area contributed by atoms with Crippen molar-refractivity contribution in [1.29, 1.82) is 0 Å². The van der Waals surface area contributed by atoms with Gasteiger partial charge in [0.15, 0.2) is 6.10 Å². The van der Waals surface area contributed by atoms with Crippen LogP contribution < -0.4 is 5.32 Å². The summed E-state index contributed by atoms with van der Waals surface area (Å²) in [6.45, 7) is 10.0. The average Bonchev–Trinajstić information content (AvgIpc) is 3.27. The average molecular weight is 555 g/mol. The van der Waals surface area contributed by atoms with Gasteiger partial charge in [-0.15, -0.1) is 0 Å². The maximum absolute atomic E-state index is 12.9. The van der Waals surface area contributed by atoms with E-state index >= 15 is 0 Å². The number of esters is 2. The molecule has 1 aromatic carbocycles. The highest BCUT2D eigenvalue weighted by molar-refractivity contribution is 7.48. The van der Waals surface area contributed by atoms with Gasteiger partial charge in [-0.25, -0.2) is 9.09 Å². The van der Waals surface area contributed by atoms with Crippen molar-refractivity contribution < 1.29 is 42.0 Å². The third-order valence-electron chi connectivity index (χ3n) is 6.19. The summed E-state index contributed by atoms with van der Waals surface area (Å²) in [5.74, 6) is -1.51. The van der Waals surface area contributed by atoms with Crippen molar-refractivity contribution in [3.05, 3.63) is 35.9 Å². The molecule has 1 N–H and O–H groups in total. The first-order valence-electron chi connectivity index (χ1n) is 12.8. The molecule has 0 spiro atoms. The van der Waals surface area contributed by atoms with Gasteiger partial charge in [-0.1, -0.05) is 44.2 Å². The minimum absolute atomic E-state index is 0.0124. The van der Waals surface area contributed by atoms with Crippen LogP contribution in [0.4, 0.5) is 0 Å². The summed E-state index contributed by atoms with van der Waals surface area (Å²) in [4.78, 5) is 39.3. The second-order valence-electron chi connectivity index (χ2n) is 11.3. The Labute approximate surface area is 224 Å². The third-order valence-corrected chi connectivity index (χ3v) is 7.53. The van der Waals surface area contributed by atoms with Crippen LogP contribution >= 0.6 is 7.82 Å². The molecule has 0 aromatic heterocycles. The van der Waals surface area contributed by atoms with Crippen molar-refractivity contribution in [3.8, 4) is 0 Å². The van der Waals surface area contributed by atoms with Crippen LogP contribution in [0.5, 0.6) is 0 Å². The zero-order valence-corrected chi connectivity index (χ0v) is 23.7. The first-order valence-corrected chi connectivity index (χ1v) is 14.2. The van der Waals surface area contributed by atoms with Gasteiger partial charge in [0.2, 0.25) is 12.7 Å². The van der Waals surface area contributed by atoms with Crippen molar-refractivity contribution in [1.82, 2.24) is 10.2 Å². The van der Waals surface area contributed by atoms with E-state index in [1.807, 2.05) is 18.2 Å². The minimum atomic E-state index is -4.15. The normalized spacial score (nSPS) is 25.5. The Bertz CT molecular complexity index is 1030. The highest BCUT2D eigenvalue weighted by Crippen LogP contribution is 2.57. The lowest BCUT2D eigenvalue weighted by Crippen LogP contribution is -2.50. The van der Waals surface area contributed by atoms with Crippen molar-refractivity contribution in [2.45, 2.75) is 66.2 Å². The molecule has 0 bridgehead atoms. The molecule has 1 unspecified atom stereocenters. The Morgan fingerprint density at radius 1 is 1.18 bits per heavy atom. The number of nitrogens with one attached hydrogen (secondary N) is 1. The number of phosphoric acid groups is 1. The number of ether oxygens (including phenoxy) is 2. The number of benzene rings is 1. The number of nitrogens with zero attached hydrogens (tertiary/aromatic N) is 1. The lowest BCUT2D eigenvalue weighted by atomic mass is 9.87. The fourth-order valence-electron chi connectivity index (χ4n) is 3.96. The molecule has 3 atom stereocenters. The Morgan fingerprint density at radius 2 is 1.89 bits per heavy atom. The third kappa shape index (κ3) is 8.88. The van der Waals surface area contributed by atoms with Crippen molar-refractivity contribution in [3.63, 3.8) is 0 Å². The van der Waals surface area contributed by atoms with Crippen LogP contribution in [0.3, 0.4) is 0 Å². The lowest BCUT2D eigenvalue weighted by molar-refractivity contribution is -0.163. The molecule has 12 heteroatoms. The van der Waals surface area contributed by atoms with Crippen LogP contribution in [-0.4, -0.2) is 68.0 Å². The predicted molar refractivity (Wildman–Crippen MR) is 138 cm³/mol. The standard InChI is InChI=1S/C26H39N2O9P/c1-25(2,3)24(31)33-18-35-38(32)34-17-26(4,5)22(37-38)23(30)27-13-11-21(29)36-20-12-14-28(16-20)15-19-9-7-6-8-10-19/h6-10,20,22H,11-18H2,1-5H3,(H,27,30)/t20?,22-,38+/m0/s1. The molecule has 0 aliphatic carbocycles. The summed E-state index contributed by atoms with van der Waals surface area (Å²) in [6, 6.07) is 10.1. The molecule has 212 valence electrons. The quantitative estimate of drug-likeness (QED) is 0.261. The van der Waals surface area contributed by atoms with E-state index in [1.54, 1.807) is 34.6 Å². The van der Waals surface area contributed by atoms with Gasteiger partial charge in [0.05, 0.1) is 18.4 Å². The van der Waals surface area contributed by atoms with Gasteiger partial charge in [-0.2, -0.15) is 0 Å². The molecular formula is C26H39N2O9P. The summed E-state index contributed by atoms with van der Waals surface area (Å²) in [7, 11) is -4.15. The SMILES string of the molecule is CC(C)(C)C(=O)OCO[P@@]1(=O)OCC(C)(C)[C@H](C(=O)NCCC(=O)OC2CCN(Cc3ccccc3)C2)O1. The van der Waals surface area contributed by atoms with Crippen LogP contribution in [0.1, 0.15) is 53.0 Å². The van der Waals surface area contributed by atoms with Crippen LogP contribution in [0, 0.1) is 10.8 Å². The summed E-state index contributed by atoms with van der Waals surface area (Å²) < 4.78 is 39.2. The summed E-state index contributed by atoms with van der Waals surface area (Å²) >= 11 is 0. The number of amides is 1. The van der Waals surface area contributed by atoms with Crippen LogP contribution in [-0.2, 0) is 48.5 Å². The molecule has 11 nitrogen and oxygen atoms in total. The van der Waals surface area contributed by atoms with E-state index < -0.39 is 49.4 Å². The van der Waals surface area contributed by atoms with Crippen LogP contribution in [0.2, 0.25) is 0 Å². The second kappa shape index (κ2) is 12.7. The molecular weight excluding hydrogens is 515 g/mol. The number of carbonyl (C=O) groups is 3. The number of hydrogen-bond donors (Lipinski definition) is 1. The minimum Gasteiger partial charge on any atom is -0.461 e. The van der Waals surface area contributed by atoms with Crippen molar-refractivity contribution in [2.75, 3.05) is 33.0 Å². The monoisotopic (exact) mass is 554 g/mol. The zero-order chi connectivity index (χ0) is 28.0. The lowest BCUT2D eigenvalue weighted by Gasteiger charge is -2.39. The van der Waals surface area contributed by atoms with Gasteiger partial charge in [0, 0.05) is 31.6 Å². The van der Waals surface area contributed by atoms with E-state index in [0.717, 1.165) is 19.5 Å². The van der Waals surface area contributed by atoms with E-state index in [0.29, 0.717) is 6.54 Å².